The van der Waals surface area contributed by atoms with Crippen LogP contribution in [0.15, 0.2) is 60.7 Å². The van der Waals surface area contributed by atoms with Crippen LogP contribution in [0.5, 0.6) is 17.2 Å². The molecule has 3 aromatic rings. The van der Waals surface area contributed by atoms with Gasteiger partial charge in [-0.25, -0.2) is 4.79 Å². The van der Waals surface area contributed by atoms with Crippen LogP contribution in [0.3, 0.4) is 0 Å². The van der Waals surface area contributed by atoms with Crippen molar-refractivity contribution < 1.29 is 41.8 Å². The number of halogens is 4. The number of anilines is 1. The van der Waals surface area contributed by atoms with E-state index in [0.29, 0.717) is 24.7 Å². The van der Waals surface area contributed by atoms with Crippen molar-refractivity contribution in [3.63, 3.8) is 0 Å². The second-order valence-electron chi connectivity index (χ2n) is 9.80. The van der Waals surface area contributed by atoms with Gasteiger partial charge in [0.1, 0.15) is 24.2 Å². The summed E-state index contributed by atoms with van der Waals surface area (Å²) in [7, 11) is 3.77. The molecule has 0 aliphatic heterocycles. The molecule has 0 saturated heterocycles. The van der Waals surface area contributed by atoms with E-state index < -0.39 is 41.6 Å². The maximum Gasteiger partial charge on any atom is 0.491 e. The molecule has 0 spiro atoms. The Labute approximate surface area is 267 Å². The van der Waals surface area contributed by atoms with Crippen molar-refractivity contribution in [2.45, 2.75) is 19.1 Å². The zero-order valence-corrected chi connectivity index (χ0v) is 25.7. The Bertz CT molecular complexity index is 1590. The van der Waals surface area contributed by atoms with E-state index in [1.54, 1.807) is 31.2 Å². The lowest BCUT2D eigenvalue weighted by Crippen LogP contribution is -2.45. The van der Waals surface area contributed by atoms with E-state index in [4.69, 9.17) is 32.2 Å². The number of amides is 2. The topological polar surface area (TPSA) is 168 Å². The van der Waals surface area contributed by atoms with Gasteiger partial charge in [0.25, 0.3) is 11.8 Å². The number of esters is 1. The number of nitrogens with zero attached hydrogens (tertiary/aromatic N) is 1. The average Bonchev–Trinajstić information content (AvgIpc) is 2.99. The summed E-state index contributed by atoms with van der Waals surface area (Å²) in [6, 6.07) is 12.9. The highest BCUT2D eigenvalue weighted by Crippen LogP contribution is 2.33. The first-order chi connectivity index (χ1) is 21.7. The number of nitrogen functional groups attached to an aromatic ring is 1. The van der Waals surface area contributed by atoms with Crippen molar-refractivity contribution >= 4 is 40.9 Å². The van der Waals surface area contributed by atoms with E-state index in [-0.39, 0.29) is 34.0 Å². The van der Waals surface area contributed by atoms with Gasteiger partial charge in [0, 0.05) is 18.3 Å². The number of hydrazine groups is 1. The van der Waals surface area contributed by atoms with Crippen molar-refractivity contribution in [2.75, 3.05) is 39.2 Å². The molecule has 3 aromatic carbocycles. The number of amidine groups is 1. The minimum Gasteiger partial charge on any atom is -0.490 e. The fraction of sp³-hybridized carbons (Fsp3) is 0.267. The predicted octanol–water partition coefficient (Wildman–Crippen LogP) is 4.05. The Morgan fingerprint density at radius 3 is 2.30 bits per heavy atom. The number of rotatable bonds is 13. The van der Waals surface area contributed by atoms with Gasteiger partial charge < -0.3 is 30.2 Å². The quantitative estimate of drug-likeness (QED) is 0.0595. The Balaban J connectivity index is 1.99. The number of benzene rings is 3. The second-order valence-corrected chi connectivity index (χ2v) is 10.2. The number of hydrogen-bond donors (Lipinski definition) is 5. The number of ether oxygens (including phenoxy) is 3. The number of carbonyl (C=O) groups is 3. The van der Waals surface area contributed by atoms with E-state index >= 15 is 0 Å². The molecule has 16 heteroatoms. The molecule has 46 heavy (non-hydrogen) atoms. The summed E-state index contributed by atoms with van der Waals surface area (Å²) >= 11 is 6.08. The van der Waals surface area contributed by atoms with Crippen LogP contribution in [-0.2, 0) is 9.59 Å². The molecule has 1 atom stereocenters. The van der Waals surface area contributed by atoms with Crippen LogP contribution in [0.1, 0.15) is 34.5 Å². The SMILES string of the molecule is CCOc1cc(C(Nc2ccc(C(=N)N)c(OC(=O)C(F)(F)F)c2)C(=O)NNC(=O)c2ccccc2Cl)ccc1OCCN(C)C. The third kappa shape index (κ3) is 9.74. The monoisotopic (exact) mass is 664 g/mol. The lowest BCUT2D eigenvalue weighted by molar-refractivity contribution is -0.189. The highest BCUT2D eigenvalue weighted by atomic mass is 35.5. The van der Waals surface area contributed by atoms with Gasteiger partial charge in [0.05, 0.1) is 22.8 Å². The van der Waals surface area contributed by atoms with Gasteiger partial charge in [-0.1, -0.05) is 29.8 Å². The summed E-state index contributed by atoms with van der Waals surface area (Å²) in [6.07, 6.45) is -5.33. The Hall–Kier alpha value is -5.02. The normalized spacial score (nSPS) is 11.7. The highest BCUT2D eigenvalue weighted by Gasteiger charge is 2.42. The van der Waals surface area contributed by atoms with E-state index in [2.05, 4.69) is 20.9 Å². The Morgan fingerprint density at radius 1 is 0.957 bits per heavy atom. The molecule has 0 aliphatic rings. The lowest BCUT2D eigenvalue weighted by atomic mass is 10.0. The van der Waals surface area contributed by atoms with Crippen molar-refractivity contribution in [3.8, 4) is 17.2 Å². The summed E-state index contributed by atoms with van der Waals surface area (Å²) in [5.74, 6) is -4.71. The average molecular weight is 665 g/mol. The first-order valence-corrected chi connectivity index (χ1v) is 14.0. The van der Waals surface area contributed by atoms with E-state index in [1.165, 1.54) is 24.3 Å². The maximum absolute atomic E-state index is 13.6. The minimum atomic E-state index is -5.33. The van der Waals surface area contributed by atoms with Crippen molar-refractivity contribution in [2.24, 2.45) is 5.73 Å². The molecule has 246 valence electrons. The number of nitrogens with two attached hydrogens (primary N) is 1. The molecule has 3 rings (SSSR count). The largest absolute Gasteiger partial charge is 0.491 e. The van der Waals surface area contributed by atoms with Gasteiger partial charge in [-0.05, 0) is 63.0 Å². The molecule has 0 saturated carbocycles. The summed E-state index contributed by atoms with van der Waals surface area (Å²) < 4.78 is 54.9. The van der Waals surface area contributed by atoms with Crippen LogP contribution in [0.25, 0.3) is 0 Å². The van der Waals surface area contributed by atoms with Crippen molar-refractivity contribution in [3.05, 3.63) is 82.4 Å². The van der Waals surface area contributed by atoms with Crippen LogP contribution >= 0.6 is 11.6 Å². The third-order valence-corrected chi connectivity index (χ3v) is 6.42. The fourth-order valence-electron chi connectivity index (χ4n) is 3.88. The Kier molecular flexibility index (Phi) is 12.2. The molecule has 0 heterocycles. The molecule has 0 aliphatic carbocycles. The minimum absolute atomic E-state index is 0.00294. The zero-order chi connectivity index (χ0) is 34.0. The van der Waals surface area contributed by atoms with E-state index in [9.17, 15) is 27.6 Å². The van der Waals surface area contributed by atoms with Crippen LogP contribution < -0.4 is 36.1 Å². The fourth-order valence-corrected chi connectivity index (χ4v) is 4.10. The molecule has 0 radical (unpaired) electrons. The number of hydrogen-bond acceptors (Lipinski definition) is 9. The number of likely N-dealkylation sites (N-methyl/N-ethyl adjacent to an activating group) is 1. The number of alkyl halides is 3. The van der Waals surface area contributed by atoms with Gasteiger partial charge in [-0.15, -0.1) is 0 Å². The molecule has 1 unspecified atom stereocenters. The number of carbonyl (C=O) groups excluding carboxylic acids is 3. The van der Waals surface area contributed by atoms with Crippen molar-refractivity contribution in [1.29, 1.82) is 5.41 Å². The molecule has 0 bridgehead atoms. The van der Waals surface area contributed by atoms with Gasteiger partial charge in [-0.3, -0.25) is 25.8 Å². The summed E-state index contributed by atoms with van der Waals surface area (Å²) in [4.78, 5) is 39.8. The first kappa shape index (κ1) is 35.5. The predicted molar refractivity (Wildman–Crippen MR) is 164 cm³/mol. The summed E-state index contributed by atoms with van der Waals surface area (Å²) in [5.41, 5.74) is 10.1. The molecule has 6 N–H and O–H groups in total. The van der Waals surface area contributed by atoms with Crippen LogP contribution in [-0.4, -0.2) is 68.5 Å². The van der Waals surface area contributed by atoms with Crippen LogP contribution in [0, 0.1) is 5.41 Å². The second kappa shape index (κ2) is 15.8. The van der Waals surface area contributed by atoms with E-state index in [0.717, 1.165) is 12.1 Å². The highest BCUT2D eigenvalue weighted by molar-refractivity contribution is 6.33. The van der Waals surface area contributed by atoms with Crippen LogP contribution in [0.4, 0.5) is 18.9 Å². The van der Waals surface area contributed by atoms with Crippen molar-refractivity contribution in [1.82, 2.24) is 15.8 Å². The lowest BCUT2D eigenvalue weighted by Gasteiger charge is -2.23. The third-order valence-electron chi connectivity index (χ3n) is 6.09. The Morgan fingerprint density at radius 2 is 1.67 bits per heavy atom. The molecule has 0 fully saturated rings. The van der Waals surface area contributed by atoms with Crippen LogP contribution in [0.2, 0.25) is 5.02 Å². The van der Waals surface area contributed by atoms with Gasteiger partial charge in [0.15, 0.2) is 11.5 Å². The zero-order valence-electron chi connectivity index (χ0n) is 25.0. The van der Waals surface area contributed by atoms with Gasteiger partial charge in [0.2, 0.25) is 0 Å². The molecule has 0 aromatic heterocycles. The standard InChI is InChI=1S/C30H32ClF3N6O6/c1-4-44-24-15-17(9-12-22(24)45-14-13-40(2)3)25(28(42)39-38-27(41)19-7-5-6-8-21(19)31)37-18-10-11-20(26(35)36)23(16-18)46-29(43)30(32,33)34/h5-12,15-16,25,37H,4,13-14H2,1-3H3,(H3,35,36)(H,38,41)(H,39,42). The van der Waals surface area contributed by atoms with E-state index in [1.807, 2.05) is 19.0 Å². The molecular formula is C30H32ClF3N6O6. The maximum atomic E-state index is 13.6. The first-order valence-electron chi connectivity index (χ1n) is 13.6. The summed E-state index contributed by atoms with van der Waals surface area (Å²) in [6.45, 7) is 2.96. The molecule has 2 amide bonds. The van der Waals surface area contributed by atoms with Gasteiger partial charge in [-0.2, -0.15) is 13.2 Å². The summed E-state index contributed by atoms with van der Waals surface area (Å²) in [5, 5.41) is 10.7. The number of nitrogens with one attached hydrogen (secondary N) is 4. The smallest absolute Gasteiger partial charge is 0.490 e. The van der Waals surface area contributed by atoms with Gasteiger partial charge >= 0.3 is 12.1 Å². The molecular weight excluding hydrogens is 633 g/mol. The molecule has 12 nitrogen and oxygen atoms in total.